The van der Waals surface area contributed by atoms with E-state index in [0.717, 1.165) is 18.2 Å². The molecule has 0 aromatic carbocycles. The molecule has 1 saturated heterocycles. The summed E-state index contributed by atoms with van der Waals surface area (Å²) in [6, 6.07) is 3.37. The number of aromatic carboxylic acids is 1. The summed E-state index contributed by atoms with van der Waals surface area (Å²) < 4.78 is 0. The second-order valence-electron chi connectivity index (χ2n) is 5.22. The molecule has 0 unspecified atom stereocenters. The van der Waals surface area contributed by atoms with E-state index >= 15 is 0 Å². The van der Waals surface area contributed by atoms with Crippen molar-refractivity contribution in [1.29, 1.82) is 0 Å². The van der Waals surface area contributed by atoms with Gasteiger partial charge in [-0.2, -0.15) is 0 Å². The number of aromatic nitrogens is 1. The summed E-state index contributed by atoms with van der Waals surface area (Å²) >= 11 is 0. The molecule has 5 nitrogen and oxygen atoms in total. The van der Waals surface area contributed by atoms with Gasteiger partial charge in [0.25, 0.3) is 0 Å². The van der Waals surface area contributed by atoms with E-state index in [1.54, 1.807) is 12.1 Å². The zero-order valence-electron chi connectivity index (χ0n) is 11.3. The van der Waals surface area contributed by atoms with Crippen molar-refractivity contribution >= 4 is 5.97 Å². The monoisotopic (exact) mass is 263 g/mol. The molecule has 0 spiro atoms. The van der Waals surface area contributed by atoms with E-state index in [0.29, 0.717) is 6.54 Å². The number of rotatable bonds is 5. The number of hydrogen-bond donors (Lipinski definition) is 2. The Morgan fingerprint density at radius 3 is 2.79 bits per heavy atom. The predicted octanol–water partition coefficient (Wildman–Crippen LogP) is 1.21. The number of carboxylic acid groups (broad SMARTS) is 1. The summed E-state index contributed by atoms with van der Waals surface area (Å²) in [6.45, 7) is 4.07. The quantitative estimate of drug-likeness (QED) is 0.836. The Labute approximate surface area is 113 Å². The molecule has 1 aliphatic heterocycles. The van der Waals surface area contributed by atoms with Crippen molar-refractivity contribution in [3.05, 3.63) is 29.6 Å². The Kier molecular flexibility index (Phi) is 4.87. The molecule has 1 aromatic heterocycles. The lowest BCUT2D eigenvalue weighted by molar-refractivity contribution is 0.0696. The second kappa shape index (κ2) is 6.63. The van der Waals surface area contributed by atoms with E-state index in [4.69, 9.17) is 5.11 Å². The highest BCUT2D eigenvalue weighted by atomic mass is 16.4. The lowest BCUT2D eigenvalue weighted by Gasteiger charge is -2.29. The fourth-order valence-electron chi connectivity index (χ4n) is 2.33. The molecule has 1 aliphatic rings. The molecule has 19 heavy (non-hydrogen) atoms. The van der Waals surface area contributed by atoms with Gasteiger partial charge in [-0.1, -0.05) is 0 Å². The Bertz CT molecular complexity index is 411. The third kappa shape index (κ3) is 4.29. The van der Waals surface area contributed by atoms with Crippen LogP contribution >= 0.6 is 0 Å². The minimum atomic E-state index is -0.932. The maximum Gasteiger partial charge on any atom is 0.337 e. The number of nitrogens with zero attached hydrogens (tertiary/aromatic N) is 2. The van der Waals surface area contributed by atoms with Gasteiger partial charge in [0.15, 0.2) is 0 Å². The molecule has 2 rings (SSSR count). The highest BCUT2D eigenvalue weighted by molar-refractivity contribution is 5.87. The van der Waals surface area contributed by atoms with Gasteiger partial charge in [-0.25, -0.2) is 4.79 Å². The molecule has 5 heteroatoms. The van der Waals surface area contributed by atoms with Crippen LogP contribution in [-0.2, 0) is 6.54 Å². The van der Waals surface area contributed by atoms with Gasteiger partial charge in [-0.15, -0.1) is 0 Å². The fourth-order valence-corrected chi connectivity index (χ4v) is 2.33. The third-order valence-electron chi connectivity index (χ3n) is 3.65. The number of carbonyl (C=O) groups is 1. The summed E-state index contributed by atoms with van der Waals surface area (Å²) in [5.74, 6) is -0.187. The van der Waals surface area contributed by atoms with Crippen molar-refractivity contribution in [3.8, 4) is 0 Å². The molecule has 0 atom stereocenters. The highest BCUT2D eigenvalue weighted by Crippen LogP contribution is 2.14. The van der Waals surface area contributed by atoms with E-state index in [-0.39, 0.29) is 5.56 Å². The van der Waals surface area contributed by atoms with Crippen LogP contribution in [0.1, 0.15) is 28.9 Å². The summed E-state index contributed by atoms with van der Waals surface area (Å²) in [5.41, 5.74) is 1.12. The molecule has 0 bridgehead atoms. The largest absolute Gasteiger partial charge is 0.478 e. The molecule has 2 heterocycles. The molecule has 0 saturated carbocycles. The van der Waals surface area contributed by atoms with Gasteiger partial charge in [0.1, 0.15) is 0 Å². The van der Waals surface area contributed by atoms with Gasteiger partial charge in [-0.3, -0.25) is 4.98 Å². The van der Waals surface area contributed by atoms with Crippen LogP contribution in [0.25, 0.3) is 0 Å². The number of carboxylic acids is 1. The van der Waals surface area contributed by atoms with Crippen molar-refractivity contribution in [3.63, 3.8) is 0 Å². The molecule has 2 N–H and O–H groups in total. The highest BCUT2D eigenvalue weighted by Gasteiger charge is 2.15. The lowest BCUT2D eigenvalue weighted by atomic mass is 9.97. The summed E-state index contributed by atoms with van der Waals surface area (Å²) in [4.78, 5) is 17.2. The van der Waals surface area contributed by atoms with Gasteiger partial charge >= 0.3 is 5.97 Å². The van der Waals surface area contributed by atoms with Crippen molar-refractivity contribution in [2.45, 2.75) is 19.4 Å². The summed E-state index contributed by atoms with van der Waals surface area (Å²) in [5, 5.41) is 12.2. The lowest BCUT2D eigenvalue weighted by Crippen LogP contribution is -2.34. The van der Waals surface area contributed by atoms with Gasteiger partial charge in [0.2, 0.25) is 0 Å². The minimum absolute atomic E-state index is 0.235. The zero-order valence-corrected chi connectivity index (χ0v) is 11.3. The summed E-state index contributed by atoms with van der Waals surface area (Å²) in [7, 11) is 2.16. The Hall–Kier alpha value is -1.46. The van der Waals surface area contributed by atoms with E-state index in [1.165, 1.54) is 32.1 Å². The van der Waals surface area contributed by atoms with Crippen molar-refractivity contribution in [2.24, 2.45) is 5.92 Å². The smallest absolute Gasteiger partial charge is 0.337 e. The Balaban J connectivity index is 1.72. The van der Waals surface area contributed by atoms with E-state index in [9.17, 15) is 4.79 Å². The van der Waals surface area contributed by atoms with E-state index < -0.39 is 5.97 Å². The van der Waals surface area contributed by atoms with Crippen molar-refractivity contribution in [2.75, 3.05) is 26.7 Å². The molecule has 1 aromatic rings. The van der Waals surface area contributed by atoms with Crippen LogP contribution in [-0.4, -0.2) is 47.6 Å². The molecule has 0 amide bonds. The van der Waals surface area contributed by atoms with Crippen LogP contribution in [0, 0.1) is 5.92 Å². The standard InChI is InChI=1S/C14H21N3O2/c1-17-6-4-11(5-7-17)8-15-10-13-3-2-12(9-16-13)14(18)19/h2-3,9,11,15H,4-8,10H2,1H3,(H,18,19). The van der Waals surface area contributed by atoms with Crippen LogP contribution in [0.5, 0.6) is 0 Å². The first kappa shape index (κ1) is 14.0. The van der Waals surface area contributed by atoms with Crippen LogP contribution in [0.2, 0.25) is 0 Å². The van der Waals surface area contributed by atoms with Gasteiger partial charge < -0.3 is 15.3 Å². The molecule has 104 valence electrons. The number of piperidine rings is 1. The second-order valence-corrected chi connectivity index (χ2v) is 5.22. The maximum absolute atomic E-state index is 10.7. The number of nitrogens with one attached hydrogen (secondary N) is 1. The molecular weight excluding hydrogens is 242 g/mol. The van der Waals surface area contributed by atoms with E-state index in [1.807, 2.05) is 0 Å². The topological polar surface area (TPSA) is 65.5 Å². The number of hydrogen-bond acceptors (Lipinski definition) is 4. The van der Waals surface area contributed by atoms with Crippen LogP contribution in [0.15, 0.2) is 18.3 Å². The Morgan fingerprint density at radius 2 is 2.21 bits per heavy atom. The van der Waals surface area contributed by atoms with E-state index in [2.05, 4.69) is 22.2 Å². The average Bonchev–Trinajstić information content (AvgIpc) is 2.41. The van der Waals surface area contributed by atoms with Gasteiger partial charge in [0, 0.05) is 12.7 Å². The number of pyridine rings is 1. The first-order valence-electron chi connectivity index (χ1n) is 6.72. The maximum atomic E-state index is 10.7. The molecule has 1 fully saturated rings. The Morgan fingerprint density at radius 1 is 1.47 bits per heavy atom. The predicted molar refractivity (Wildman–Crippen MR) is 73.1 cm³/mol. The molecule has 0 radical (unpaired) electrons. The normalized spacial score (nSPS) is 17.5. The van der Waals surface area contributed by atoms with Gasteiger partial charge in [-0.05, 0) is 57.6 Å². The van der Waals surface area contributed by atoms with Crippen molar-refractivity contribution < 1.29 is 9.90 Å². The first-order valence-corrected chi connectivity index (χ1v) is 6.72. The van der Waals surface area contributed by atoms with Crippen LogP contribution in [0.4, 0.5) is 0 Å². The van der Waals surface area contributed by atoms with Crippen LogP contribution in [0.3, 0.4) is 0 Å². The minimum Gasteiger partial charge on any atom is -0.478 e. The van der Waals surface area contributed by atoms with Crippen molar-refractivity contribution in [1.82, 2.24) is 15.2 Å². The molecular formula is C14H21N3O2. The fraction of sp³-hybridized carbons (Fsp3) is 0.571. The molecule has 0 aliphatic carbocycles. The van der Waals surface area contributed by atoms with Gasteiger partial charge in [0.05, 0.1) is 11.3 Å². The summed E-state index contributed by atoms with van der Waals surface area (Å²) in [6.07, 6.45) is 3.90. The zero-order chi connectivity index (χ0) is 13.7. The first-order chi connectivity index (χ1) is 9.15. The average molecular weight is 263 g/mol. The third-order valence-corrected chi connectivity index (χ3v) is 3.65. The van der Waals surface area contributed by atoms with Crippen LogP contribution < -0.4 is 5.32 Å². The number of likely N-dealkylation sites (tertiary alicyclic amines) is 1. The SMILES string of the molecule is CN1CCC(CNCc2ccc(C(=O)O)cn2)CC1.